The maximum Gasteiger partial charge on any atom is 0.410 e. The zero-order chi connectivity index (χ0) is 24.6. The number of hydrogen-bond acceptors (Lipinski definition) is 6. The van der Waals surface area contributed by atoms with Gasteiger partial charge in [-0.25, -0.2) is 13.2 Å². The van der Waals surface area contributed by atoms with Crippen LogP contribution in [0.25, 0.3) is 0 Å². The molecule has 1 amide bonds. The quantitative estimate of drug-likeness (QED) is 0.555. The minimum absolute atomic E-state index is 0.167. The molecule has 2 saturated carbocycles. The minimum Gasteiger partial charge on any atom is -0.441 e. The Bertz CT molecular complexity index is 1000. The predicted octanol–water partition coefficient (Wildman–Crippen LogP) is 3.66. The molecule has 5 rings (SSSR count). The molecule has 2 aliphatic heterocycles. The molecule has 4 fully saturated rings. The number of piperidine rings is 1. The Hall–Kier alpha value is -1.39. The van der Waals surface area contributed by atoms with E-state index in [0.29, 0.717) is 49.4 Å². The van der Waals surface area contributed by atoms with E-state index in [1.165, 1.54) is 0 Å². The lowest BCUT2D eigenvalue weighted by Crippen LogP contribution is -2.61. The first-order valence-electron chi connectivity index (χ1n) is 12.8. The van der Waals surface area contributed by atoms with E-state index in [1.807, 2.05) is 0 Å². The Morgan fingerprint density at radius 3 is 2.37 bits per heavy atom. The van der Waals surface area contributed by atoms with Crippen LogP contribution in [0.4, 0.5) is 4.79 Å². The molecule has 35 heavy (non-hydrogen) atoms. The molecular weight excluding hydrogens is 492 g/mol. The first kappa shape index (κ1) is 25.3. The summed E-state index contributed by atoms with van der Waals surface area (Å²) in [6, 6.07) is 5.42. The van der Waals surface area contributed by atoms with Crippen LogP contribution in [0.1, 0.15) is 51.4 Å². The van der Waals surface area contributed by atoms with Crippen molar-refractivity contribution in [3.8, 4) is 0 Å². The molecule has 194 valence electrons. The van der Waals surface area contributed by atoms with E-state index in [9.17, 15) is 18.3 Å². The predicted molar refractivity (Wildman–Crippen MR) is 131 cm³/mol. The summed E-state index contributed by atoms with van der Waals surface area (Å²) in [5, 5.41) is 9.67. The van der Waals surface area contributed by atoms with E-state index >= 15 is 0 Å². The number of nitrogens with zero attached hydrogens (tertiary/aromatic N) is 2. The van der Waals surface area contributed by atoms with Crippen molar-refractivity contribution in [1.82, 2.24) is 9.21 Å². The number of morpholine rings is 1. The summed E-state index contributed by atoms with van der Waals surface area (Å²) in [5.74, 6) is 0.942. The number of aliphatic hydroxyl groups excluding tert-OH is 1. The molecule has 2 aliphatic carbocycles. The molecule has 0 radical (unpaired) electrons. The zero-order valence-electron chi connectivity index (χ0n) is 20.0. The number of ether oxygens (including phenoxy) is 2. The molecule has 8 nitrogen and oxygen atoms in total. The van der Waals surface area contributed by atoms with Crippen LogP contribution in [-0.2, 0) is 19.5 Å². The first-order valence-corrected chi connectivity index (χ1v) is 14.6. The van der Waals surface area contributed by atoms with Gasteiger partial charge in [0.15, 0.2) is 0 Å². The maximum atomic E-state index is 13.9. The molecule has 0 spiro atoms. The molecule has 1 aromatic carbocycles. The molecule has 1 N–H and O–H groups in total. The summed E-state index contributed by atoms with van der Waals surface area (Å²) < 4.78 is 41.5. The molecule has 2 heterocycles. The van der Waals surface area contributed by atoms with E-state index in [4.69, 9.17) is 21.1 Å². The summed E-state index contributed by atoms with van der Waals surface area (Å²) in [5.41, 5.74) is -0.860. The van der Waals surface area contributed by atoms with Gasteiger partial charge in [-0.2, -0.15) is 4.31 Å². The molecule has 0 unspecified atom stereocenters. The number of hydrogen-bond donors (Lipinski definition) is 1. The van der Waals surface area contributed by atoms with E-state index in [-0.39, 0.29) is 30.2 Å². The van der Waals surface area contributed by atoms with Crippen molar-refractivity contribution in [2.45, 2.75) is 73.9 Å². The Kier molecular flexibility index (Phi) is 7.34. The Morgan fingerprint density at radius 2 is 1.77 bits per heavy atom. The fourth-order valence-electron chi connectivity index (χ4n) is 5.55. The van der Waals surface area contributed by atoms with Gasteiger partial charge in [-0.05, 0) is 74.6 Å². The van der Waals surface area contributed by atoms with Crippen molar-refractivity contribution < 1.29 is 27.8 Å². The van der Waals surface area contributed by atoms with Crippen molar-refractivity contribution in [1.29, 1.82) is 0 Å². The van der Waals surface area contributed by atoms with Crippen LogP contribution in [0.2, 0.25) is 5.02 Å². The average molecular weight is 527 g/mol. The van der Waals surface area contributed by atoms with Crippen LogP contribution in [-0.4, -0.2) is 79.4 Å². The van der Waals surface area contributed by atoms with Gasteiger partial charge in [0.1, 0.15) is 5.60 Å². The zero-order valence-corrected chi connectivity index (χ0v) is 21.6. The fourth-order valence-corrected chi connectivity index (χ4v) is 7.53. The highest BCUT2D eigenvalue weighted by atomic mass is 35.5. The second-order valence-electron chi connectivity index (χ2n) is 10.6. The summed E-state index contributed by atoms with van der Waals surface area (Å²) >= 11 is 6.02. The number of sulfonamides is 1. The highest BCUT2D eigenvalue weighted by molar-refractivity contribution is 7.89. The normalized spacial score (nSPS) is 27.5. The van der Waals surface area contributed by atoms with Gasteiger partial charge in [-0.1, -0.05) is 24.4 Å². The van der Waals surface area contributed by atoms with Gasteiger partial charge in [0.25, 0.3) is 0 Å². The van der Waals surface area contributed by atoms with Crippen molar-refractivity contribution in [3.63, 3.8) is 0 Å². The lowest BCUT2D eigenvalue weighted by Gasteiger charge is -2.44. The molecule has 4 aliphatic rings. The lowest BCUT2D eigenvalue weighted by molar-refractivity contribution is -0.0745. The topological polar surface area (TPSA) is 96.4 Å². The third-order valence-electron chi connectivity index (χ3n) is 8.00. The van der Waals surface area contributed by atoms with Crippen molar-refractivity contribution >= 4 is 27.7 Å². The number of likely N-dealkylation sites (tertiary alicyclic amines) is 1. The molecule has 0 aromatic heterocycles. The van der Waals surface area contributed by atoms with Crippen molar-refractivity contribution in [2.75, 3.05) is 32.9 Å². The summed E-state index contributed by atoms with van der Waals surface area (Å²) in [6.45, 7) is 1.91. The number of benzene rings is 1. The first-order chi connectivity index (χ1) is 16.8. The van der Waals surface area contributed by atoms with Gasteiger partial charge in [0, 0.05) is 30.8 Å². The number of rotatable bonds is 8. The molecule has 10 heteroatoms. The third kappa shape index (κ3) is 5.49. The van der Waals surface area contributed by atoms with Gasteiger partial charge in [-0.15, -0.1) is 0 Å². The molecular formula is C25H35ClN2O6S. The Labute approximate surface area is 212 Å². The van der Waals surface area contributed by atoms with Crippen LogP contribution in [0, 0.1) is 11.8 Å². The van der Waals surface area contributed by atoms with Crippen molar-refractivity contribution in [3.05, 3.63) is 29.3 Å². The second-order valence-corrected chi connectivity index (χ2v) is 12.8. The van der Waals surface area contributed by atoms with Crippen LogP contribution in [0.3, 0.4) is 0 Å². The Balaban J connectivity index is 1.36. The molecule has 0 bridgehead atoms. The monoisotopic (exact) mass is 526 g/mol. The third-order valence-corrected chi connectivity index (χ3v) is 10.2. The van der Waals surface area contributed by atoms with E-state index in [2.05, 4.69) is 0 Å². The average Bonchev–Trinajstić information content (AvgIpc) is 3.78. The minimum atomic E-state index is -3.85. The molecule has 1 aromatic rings. The van der Waals surface area contributed by atoms with Crippen molar-refractivity contribution in [2.24, 2.45) is 11.8 Å². The van der Waals surface area contributed by atoms with E-state index in [0.717, 1.165) is 38.5 Å². The van der Waals surface area contributed by atoms with E-state index < -0.39 is 21.7 Å². The van der Waals surface area contributed by atoms with Gasteiger partial charge in [0.05, 0.1) is 24.2 Å². The smallest absolute Gasteiger partial charge is 0.410 e. The molecule has 2 saturated heterocycles. The number of carbonyl (C=O) groups excluding carboxylic acids is 1. The van der Waals surface area contributed by atoms with Crippen LogP contribution in [0.5, 0.6) is 0 Å². The largest absolute Gasteiger partial charge is 0.441 e. The standard InChI is InChI=1S/C25H35ClN2O6S/c26-20-3-5-22(6-4-20)35(31,32)28-21(15-19-1-2-19)16-33-17-23(28)25(10-11-25)34-24(30)27-12-7-18(8-13-27)9-14-29/h3-6,18-19,21,23,29H,1-2,7-17H2/t21-,23-/m1/s1. The summed E-state index contributed by atoms with van der Waals surface area (Å²) in [6.07, 6.45) is 6.29. The van der Waals surface area contributed by atoms with Crippen LogP contribution in [0.15, 0.2) is 29.2 Å². The highest BCUT2D eigenvalue weighted by Gasteiger charge is 2.60. The van der Waals surface area contributed by atoms with Crippen LogP contribution < -0.4 is 0 Å². The second kappa shape index (κ2) is 10.2. The SMILES string of the molecule is O=C(OC1([C@H]2COC[C@@H](CC3CC3)N2S(=O)(=O)c2ccc(Cl)cc2)CC1)N1CCC(CCO)CC1. The number of aliphatic hydroxyl groups is 1. The molecule has 2 atom stereocenters. The number of halogens is 1. The van der Waals surface area contributed by atoms with Crippen LogP contribution >= 0.6 is 11.6 Å². The summed E-state index contributed by atoms with van der Waals surface area (Å²) in [4.78, 5) is 15.0. The highest BCUT2D eigenvalue weighted by Crippen LogP contribution is 2.49. The van der Waals surface area contributed by atoms with Gasteiger partial charge >= 0.3 is 6.09 Å². The van der Waals surface area contributed by atoms with Gasteiger partial charge in [0.2, 0.25) is 10.0 Å². The summed E-state index contributed by atoms with van der Waals surface area (Å²) in [7, 11) is -3.85. The van der Waals surface area contributed by atoms with E-state index in [1.54, 1.807) is 33.5 Å². The Morgan fingerprint density at radius 1 is 1.09 bits per heavy atom. The number of carbonyl (C=O) groups is 1. The van der Waals surface area contributed by atoms with Gasteiger partial charge < -0.3 is 19.5 Å². The van der Waals surface area contributed by atoms with Gasteiger partial charge in [-0.3, -0.25) is 0 Å². The maximum absolute atomic E-state index is 13.9. The number of amides is 1. The lowest BCUT2D eigenvalue weighted by atomic mass is 9.94. The fraction of sp³-hybridized carbons (Fsp3) is 0.720.